The number of nitro benzene ring substituents is 1. The van der Waals surface area contributed by atoms with E-state index in [1.807, 2.05) is 6.07 Å². The first-order valence-corrected chi connectivity index (χ1v) is 6.24. The van der Waals surface area contributed by atoms with Gasteiger partial charge in [-0.15, -0.1) is 0 Å². The van der Waals surface area contributed by atoms with Gasteiger partial charge in [-0.1, -0.05) is 0 Å². The molecule has 0 spiro atoms. The molecule has 2 heterocycles. The summed E-state index contributed by atoms with van der Waals surface area (Å²) in [5, 5.41) is 13.9. The van der Waals surface area contributed by atoms with Crippen LogP contribution in [0, 0.1) is 10.1 Å². The highest BCUT2D eigenvalue weighted by Crippen LogP contribution is 2.34. The molecule has 0 atom stereocenters. The van der Waals surface area contributed by atoms with Gasteiger partial charge in [-0.3, -0.25) is 15.0 Å². The van der Waals surface area contributed by atoms with Crippen molar-refractivity contribution in [2.45, 2.75) is 12.8 Å². The van der Waals surface area contributed by atoms with Gasteiger partial charge in [0, 0.05) is 12.1 Å². The molecular weight excluding hydrogens is 232 g/mol. The minimum Gasteiger partial charge on any atom is -0.366 e. The first kappa shape index (κ1) is 11.3. The van der Waals surface area contributed by atoms with Gasteiger partial charge >= 0.3 is 0 Å². The Balaban J connectivity index is 1.77. The van der Waals surface area contributed by atoms with E-state index in [9.17, 15) is 10.1 Å². The molecular formula is C12H16N4O2. The minimum absolute atomic E-state index is 0.143. The van der Waals surface area contributed by atoms with E-state index in [1.165, 1.54) is 12.8 Å². The van der Waals surface area contributed by atoms with Crippen molar-refractivity contribution in [1.29, 1.82) is 0 Å². The molecule has 0 aromatic heterocycles. The minimum atomic E-state index is -0.356. The lowest BCUT2D eigenvalue weighted by Crippen LogP contribution is -2.36. The van der Waals surface area contributed by atoms with E-state index in [4.69, 9.17) is 0 Å². The van der Waals surface area contributed by atoms with Crippen LogP contribution >= 0.6 is 0 Å². The van der Waals surface area contributed by atoms with Gasteiger partial charge in [-0.25, -0.2) is 0 Å². The lowest BCUT2D eigenvalue weighted by Gasteiger charge is -2.24. The number of benzene rings is 1. The van der Waals surface area contributed by atoms with Crippen molar-refractivity contribution in [2.24, 2.45) is 0 Å². The zero-order valence-corrected chi connectivity index (χ0v) is 10.1. The molecule has 0 saturated carbocycles. The smallest absolute Gasteiger partial charge is 0.271 e. The van der Waals surface area contributed by atoms with Crippen LogP contribution in [0.5, 0.6) is 0 Å². The summed E-state index contributed by atoms with van der Waals surface area (Å²) in [5.41, 5.74) is 2.07. The van der Waals surface area contributed by atoms with Gasteiger partial charge in [0.15, 0.2) is 0 Å². The molecule has 1 N–H and O–H groups in total. The number of likely N-dealkylation sites (tertiary alicyclic amines) is 1. The predicted octanol–water partition coefficient (Wildman–Crippen LogP) is 1.84. The summed E-state index contributed by atoms with van der Waals surface area (Å²) in [6.07, 6.45) is 2.54. The van der Waals surface area contributed by atoms with E-state index in [0.29, 0.717) is 0 Å². The van der Waals surface area contributed by atoms with Gasteiger partial charge in [0.2, 0.25) is 0 Å². The third-order valence-corrected chi connectivity index (χ3v) is 3.56. The molecule has 1 aromatic rings. The van der Waals surface area contributed by atoms with Crippen LogP contribution in [0.15, 0.2) is 18.2 Å². The zero-order valence-electron chi connectivity index (χ0n) is 10.1. The maximum atomic E-state index is 10.7. The number of rotatable bonds is 3. The number of nitrogens with one attached hydrogen (secondary N) is 1. The second kappa shape index (κ2) is 4.45. The Bertz CT molecular complexity index is 471. The van der Waals surface area contributed by atoms with Crippen molar-refractivity contribution < 1.29 is 4.92 Å². The van der Waals surface area contributed by atoms with Gasteiger partial charge in [0.25, 0.3) is 5.69 Å². The molecule has 6 nitrogen and oxygen atoms in total. The highest BCUT2D eigenvalue weighted by atomic mass is 16.6. The molecule has 1 aromatic carbocycles. The maximum absolute atomic E-state index is 10.7. The molecule has 1 fully saturated rings. The Kier molecular flexibility index (Phi) is 2.79. The van der Waals surface area contributed by atoms with Crippen LogP contribution < -0.4 is 10.2 Å². The molecule has 2 aliphatic rings. The van der Waals surface area contributed by atoms with Crippen LogP contribution in [-0.2, 0) is 0 Å². The maximum Gasteiger partial charge on any atom is 0.271 e. The first-order chi connectivity index (χ1) is 8.74. The fourth-order valence-electron chi connectivity index (χ4n) is 2.61. The van der Waals surface area contributed by atoms with Crippen LogP contribution in [0.2, 0.25) is 0 Å². The number of anilines is 2. The molecule has 0 unspecified atom stereocenters. The normalized spacial score (nSPS) is 18.8. The standard InChI is InChI=1S/C12H16N4O2/c17-16(18)10-3-4-12-11(7-10)13-8-15(12)9-14-5-1-2-6-14/h3-4,7,13H,1-2,5-6,8-9H2. The molecule has 96 valence electrons. The molecule has 0 bridgehead atoms. The van der Waals surface area contributed by atoms with Crippen molar-refractivity contribution in [2.75, 3.05) is 36.6 Å². The summed E-state index contributed by atoms with van der Waals surface area (Å²) in [7, 11) is 0. The third-order valence-electron chi connectivity index (χ3n) is 3.56. The van der Waals surface area contributed by atoms with Crippen molar-refractivity contribution >= 4 is 17.1 Å². The SMILES string of the molecule is O=[N+]([O-])c1ccc2c(c1)NCN2CN1CCCC1. The van der Waals surface area contributed by atoms with Crippen LogP contribution in [0.1, 0.15) is 12.8 Å². The average molecular weight is 248 g/mol. The number of nitrogens with zero attached hydrogens (tertiary/aromatic N) is 3. The van der Waals surface area contributed by atoms with Gasteiger partial charge in [-0.2, -0.15) is 0 Å². The Morgan fingerprint density at radius 1 is 1.33 bits per heavy atom. The fourth-order valence-corrected chi connectivity index (χ4v) is 2.61. The van der Waals surface area contributed by atoms with Crippen LogP contribution in [0.25, 0.3) is 0 Å². The Hall–Kier alpha value is -1.82. The summed E-state index contributed by atoms with van der Waals surface area (Å²) in [6.45, 7) is 3.93. The third kappa shape index (κ3) is 1.99. The number of fused-ring (bicyclic) bond motifs is 1. The van der Waals surface area contributed by atoms with Crippen molar-refractivity contribution in [3.63, 3.8) is 0 Å². The van der Waals surface area contributed by atoms with E-state index >= 15 is 0 Å². The molecule has 0 amide bonds. The topological polar surface area (TPSA) is 61.7 Å². The monoisotopic (exact) mass is 248 g/mol. The lowest BCUT2D eigenvalue weighted by atomic mass is 10.2. The first-order valence-electron chi connectivity index (χ1n) is 6.24. The van der Waals surface area contributed by atoms with E-state index in [0.717, 1.165) is 37.8 Å². The average Bonchev–Trinajstić information content (AvgIpc) is 2.99. The van der Waals surface area contributed by atoms with Crippen LogP contribution in [-0.4, -0.2) is 36.3 Å². The Morgan fingerprint density at radius 3 is 2.83 bits per heavy atom. The molecule has 1 saturated heterocycles. The predicted molar refractivity (Wildman–Crippen MR) is 69.7 cm³/mol. The molecule has 3 rings (SSSR count). The molecule has 0 radical (unpaired) electrons. The van der Waals surface area contributed by atoms with Gasteiger partial charge in [0.05, 0.1) is 29.6 Å². The highest BCUT2D eigenvalue weighted by Gasteiger charge is 2.23. The summed E-state index contributed by atoms with van der Waals surface area (Å²) in [4.78, 5) is 15.0. The van der Waals surface area contributed by atoms with Crippen molar-refractivity contribution in [3.05, 3.63) is 28.3 Å². The van der Waals surface area contributed by atoms with E-state index in [-0.39, 0.29) is 10.6 Å². The Labute approximate surface area is 105 Å². The summed E-state index contributed by atoms with van der Waals surface area (Å²) < 4.78 is 0. The lowest BCUT2D eigenvalue weighted by molar-refractivity contribution is -0.384. The molecule has 0 aliphatic carbocycles. The number of non-ortho nitro benzene ring substituents is 1. The Morgan fingerprint density at radius 2 is 2.11 bits per heavy atom. The van der Waals surface area contributed by atoms with Crippen molar-refractivity contribution in [3.8, 4) is 0 Å². The second-order valence-corrected chi connectivity index (χ2v) is 4.80. The van der Waals surface area contributed by atoms with Crippen molar-refractivity contribution in [1.82, 2.24) is 4.90 Å². The van der Waals surface area contributed by atoms with E-state index in [1.54, 1.807) is 12.1 Å². The summed E-state index contributed by atoms with van der Waals surface area (Å²) in [5.74, 6) is 0. The zero-order chi connectivity index (χ0) is 12.5. The largest absolute Gasteiger partial charge is 0.366 e. The van der Waals surface area contributed by atoms with Gasteiger partial charge in [-0.05, 0) is 32.0 Å². The second-order valence-electron chi connectivity index (χ2n) is 4.80. The molecule has 6 heteroatoms. The van der Waals surface area contributed by atoms with Gasteiger partial charge in [0.1, 0.15) is 0 Å². The molecule has 18 heavy (non-hydrogen) atoms. The van der Waals surface area contributed by atoms with E-state index in [2.05, 4.69) is 15.1 Å². The quantitative estimate of drug-likeness (QED) is 0.653. The summed E-state index contributed by atoms with van der Waals surface area (Å²) >= 11 is 0. The van der Waals surface area contributed by atoms with Crippen LogP contribution in [0.4, 0.5) is 17.1 Å². The number of hydrogen-bond acceptors (Lipinski definition) is 5. The van der Waals surface area contributed by atoms with E-state index < -0.39 is 0 Å². The number of nitro groups is 1. The van der Waals surface area contributed by atoms with Gasteiger partial charge < -0.3 is 10.2 Å². The number of hydrogen-bond donors (Lipinski definition) is 1. The molecule has 2 aliphatic heterocycles. The van der Waals surface area contributed by atoms with Crippen LogP contribution in [0.3, 0.4) is 0 Å². The fraction of sp³-hybridized carbons (Fsp3) is 0.500. The summed E-state index contributed by atoms with van der Waals surface area (Å²) in [6, 6.07) is 5.02. The highest BCUT2D eigenvalue weighted by molar-refractivity contribution is 5.77.